The minimum atomic E-state index is -0.599. The summed E-state index contributed by atoms with van der Waals surface area (Å²) in [6.45, 7) is 6.50. The number of aromatic nitrogens is 2. The largest absolute Gasteiger partial charge is 0.331 e. The molecule has 2 aliphatic carbocycles. The number of aryl methyl sites for hydroxylation is 1. The van der Waals surface area contributed by atoms with Gasteiger partial charge in [-0.2, -0.15) is 0 Å². The third kappa shape index (κ3) is 3.76. The van der Waals surface area contributed by atoms with Crippen molar-refractivity contribution in [2.24, 2.45) is 5.41 Å². The molecule has 7 rings (SSSR count). The Morgan fingerprint density at radius 3 is 2.64 bits per heavy atom. The van der Waals surface area contributed by atoms with Crippen LogP contribution in [0.1, 0.15) is 66.6 Å². The number of carbonyl (C=O) groups is 2. The first-order chi connectivity index (χ1) is 18.7. The Hall–Kier alpha value is -4.06. The lowest BCUT2D eigenvalue weighted by molar-refractivity contribution is -0.143. The average molecular weight is 517 g/mol. The SMILES string of the molecule is CC(C)(C)C(=O)N(Cc1cnc2cc3c(cc2c1)C[C@@]1(C3)C(=O)Nc2ncccc21)[C@@H]1CCc2ccccc21. The topological polar surface area (TPSA) is 75.2 Å². The second-order valence-electron chi connectivity index (χ2n) is 12.4. The number of nitrogens with zero attached hydrogens (tertiary/aromatic N) is 3. The highest BCUT2D eigenvalue weighted by Gasteiger charge is 2.51. The van der Waals surface area contributed by atoms with Crippen molar-refractivity contribution < 1.29 is 9.59 Å². The third-order valence-electron chi connectivity index (χ3n) is 8.77. The van der Waals surface area contributed by atoms with Crippen LogP contribution in [0.5, 0.6) is 0 Å². The molecule has 196 valence electrons. The summed E-state index contributed by atoms with van der Waals surface area (Å²) in [4.78, 5) is 38.1. The molecule has 2 amide bonds. The fraction of sp³-hybridized carbons (Fsp3) is 0.333. The average Bonchev–Trinajstić information content (AvgIpc) is 3.59. The van der Waals surface area contributed by atoms with Gasteiger partial charge in [0.2, 0.25) is 11.8 Å². The predicted octanol–water partition coefficient (Wildman–Crippen LogP) is 5.68. The fourth-order valence-electron chi connectivity index (χ4n) is 6.84. The van der Waals surface area contributed by atoms with Gasteiger partial charge in [-0.05, 0) is 77.8 Å². The Bertz CT molecular complexity index is 1670. The van der Waals surface area contributed by atoms with Crippen LogP contribution in [0.3, 0.4) is 0 Å². The Morgan fingerprint density at radius 2 is 1.82 bits per heavy atom. The van der Waals surface area contributed by atoms with Gasteiger partial charge >= 0.3 is 0 Å². The molecule has 6 heteroatoms. The second-order valence-corrected chi connectivity index (χ2v) is 12.4. The summed E-state index contributed by atoms with van der Waals surface area (Å²) >= 11 is 0. The minimum Gasteiger partial charge on any atom is -0.331 e. The zero-order valence-corrected chi connectivity index (χ0v) is 22.6. The van der Waals surface area contributed by atoms with Gasteiger partial charge in [0.1, 0.15) is 5.82 Å². The molecule has 1 aliphatic heterocycles. The zero-order chi connectivity index (χ0) is 26.9. The molecule has 2 aromatic carbocycles. The monoisotopic (exact) mass is 516 g/mol. The van der Waals surface area contributed by atoms with E-state index in [1.807, 2.05) is 39.1 Å². The maximum atomic E-state index is 13.7. The molecule has 0 bridgehead atoms. The van der Waals surface area contributed by atoms with E-state index in [1.165, 1.54) is 22.3 Å². The van der Waals surface area contributed by atoms with Gasteiger partial charge in [-0.1, -0.05) is 51.1 Å². The van der Waals surface area contributed by atoms with Crippen molar-refractivity contribution >= 4 is 28.5 Å². The minimum absolute atomic E-state index is 0.0262. The lowest BCUT2D eigenvalue weighted by atomic mass is 9.79. The van der Waals surface area contributed by atoms with Crippen LogP contribution < -0.4 is 5.32 Å². The molecule has 39 heavy (non-hydrogen) atoms. The van der Waals surface area contributed by atoms with Crippen molar-refractivity contribution in [2.45, 2.75) is 64.5 Å². The van der Waals surface area contributed by atoms with Gasteiger partial charge in [0.25, 0.3) is 0 Å². The van der Waals surface area contributed by atoms with Gasteiger partial charge in [0.15, 0.2) is 0 Å². The van der Waals surface area contributed by atoms with Crippen LogP contribution in [0.15, 0.2) is 67.0 Å². The van der Waals surface area contributed by atoms with Crippen LogP contribution in [0.25, 0.3) is 10.9 Å². The summed E-state index contributed by atoms with van der Waals surface area (Å²) in [5, 5.41) is 4.04. The molecule has 2 aromatic heterocycles. The number of benzene rings is 2. The van der Waals surface area contributed by atoms with E-state index in [1.54, 1.807) is 6.20 Å². The summed E-state index contributed by atoms with van der Waals surface area (Å²) < 4.78 is 0. The van der Waals surface area contributed by atoms with Crippen molar-refractivity contribution in [1.82, 2.24) is 14.9 Å². The number of fused-ring (bicyclic) bond motifs is 5. The molecule has 3 aliphatic rings. The first-order valence-corrected chi connectivity index (χ1v) is 13.8. The summed E-state index contributed by atoms with van der Waals surface area (Å²) in [5.41, 5.74) is 6.78. The highest BCUT2D eigenvalue weighted by molar-refractivity contribution is 6.06. The molecule has 2 atom stereocenters. The normalized spacial score (nSPS) is 21.1. The first kappa shape index (κ1) is 24.0. The summed E-state index contributed by atoms with van der Waals surface area (Å²) in [6, 6.07) is 19.0. The quantitative estimate of drug-likeness (QED) is 0.380. The van der Waals surface area contributed by atoms with Gasteiger partial charge in [0, 0.05) is 35.3 Å². The maximum absolute atomic E-state index is 13.7. The number of nitrogens with one attached hydrogen (secondary N) is 1. The van der Waals surface area contributed by atoms with Crippen LogP contribution in [0.2, 0.25) is 0 Å². The van der Waals surface area contributed by atoms with Crippen molar-refractivity contribution in [3.8, 4) is 0 Å². The molecule has 0 unspecified atom stereocenters. The lowest BCUT2D eigenvalue weighted by Crippen LogP contribution is -2.41. The Morgan fingerprint density at radius 1 is 1.03 bits per heavy atom. The van der Waals surface area contributed by atoms with Gasteiger partial charge in [-0.3, -0.25) is 14.6 Å². The van der Waals surface area contributed by atoms with E-state index in [0.717, 1.165) is 34.9 Å². The van der Waals surface area contributed by atoms with Crippen molar-refractivity contribution in [2.75, 3.05) is 5.32 Å². The van der Waals surface area contributed by atoms with Gasteiger partial charge in [-0.15, -0.1) is 0 Å². The second kappa shape index (κ2) is 8.47. The maximum Gasteiger partial charge on any atom is 0.237 e. The van der Waals surface area contributed by atoms with E-state index in [-0.39, 0.29) is 17.9 Å². The highest BCUT2D eigenvalue weighted by atomic mass is 16.2. The molecular weight excluding hydrogens is 484 g/mol. The smallest absolute Gasteiger partial charge is 0.237 e. The summed E-state index contributed by atoms with van der Waals surface area (Å²) in [5.74, 6) is 0.857. The molecule has 4 aromatic rings. The molecular formula is C33H32N4O2. The summed E-state index contributed by atoms with van der Waals surface area (Å²) in [7, 11) is 0. The van der Waals surface area contributed by atoms with Crippen LogP contribution in [-0.2, 0) is 40.8 Å². The Kier molecular flexibility index (Phi) is 5.21. The lowest BCUT2D eigenvalue weighted by Gasteiger charge is -2.35. The number of hydrogen-bond acceptors (Lipinski definition) is 4. The van der Waals surface area contributed by atoms with Gasteiger partial charge in [-0.25, -0.2) is 4.98 Å². The third-order valence-corrected chi connectivity index (χ3v) is 8.77. The fourth-order valence-corrected chi connectivity index (χ4v) is 6.84. The van der Waals surface area contributed by atoms with E-state index < -0.39 is 10.8 Å². The van der Waals surface area contributed by atoms with E-state index in [9.17, 15) is 9.59 Å². The van der Waals surface area contributed by atoms with E-state index in [2.05, 4.69) is 57.7 Å². The predicted molar refractivity (Wildman–Crippen MR) is 151 cm³/mol. The molecule has 3 heterocycles. The molecule has 0 fully saturated rings. The molecule has 0 saturated heterocycles. The standard InChI is InChI=1S/C33H32N4O2/c1-32(2,3)31(39)37(28-11-10-21-7-4-5-8-25(21)28)19-20-13-22-14-23-16-33(17-24(23)15-27(22)35-18-20)26-9-6-12-34-29(26)36-30(33)38/h4-9,12-15,18,28H,10-11,16-17,19H2,1-3H3,(H,34,36,38)/t28-,33+/m1/s1. The Labute approximate surface area is 228 Å². The number of amides is 2. The van der Waals surface area contributed by atoms with E-state index >= 15 is 0 Å². The molecule has 0 saturated carbocycles. The number of pyridine rings is 2. The van der Waals surface area contributed by atoms with Crippen LogP contribution in [0, 0.1) is 5.41 Å². The van der Waals surface area contributed by atoms with Crippen LogP contribution >= 0.6 is 0 Å². The first-order valence-electron chi connectivity index (χ1n) is 13.8. The van der Waals surface area contributed by atoms with Crippen molar-refractivity contribution in [3.05, 3.63) is 100 Å². The zero-order valence-electron chi connectivity index (χ0n) is 22.6. The van der Waals surface area contributed by atoms with Crippen LogP contribution in [-0.4, -0.2) is 26.7 Å². The van der Waals surface area contributed by atoms with Gasteiger partial charge in [0.05, 0.1) is 17.0 Å². The molecule has 1 N–H and O–H groups in total. The van der Waals surface area contributed by atoms with Gasteiger partial charge < -0.3 is 10.2 Å². The van der Waals surface area contributed by atoms with E-state index in [4.69, 9.17) is 4.98 Å². The Balaban J connectivity index is 1.23. The van der Waals surface area contributed by atoms with Crippen molar-refractivity contribution in [3.63, 3.8) is 0 Å². The molecule has 0 radical (unpaired) electrons. The number of anilines is 1. The number of carbonyl (C=O) groups excluding carboxylic acids is 2. The van der Waals surface area contributed by atoms with Crippen molar-refractivity contribution in [1.29, 1.82) is 0 Å². The highest BCUT2D eigenvalue weighted by Crippen LogP contribution is 2.47. The van der Waals surface area contributed by atoms with E-state index in [0.29, 0.717) is 25.2 Å². The summed E-state index contributed by atoms with van der Waals surface area (Å²) in [6.07, 6.45) is 6.87. The van der Waals surface area contributed by atoms with Crippen LogP contribution in [0.4, 0.5) is 5.82 Å². The number of hydrogen-bond donors (Lipinski definition) is 1. The molecule has 1 spiro atoms. The molecule has 6 nitrogen and oxygen atoms in total. The number of rotatable bonds is 3.